The SMILES string of the molecule is CS(=O)(=O)c1ccccc1-c1ccc(NC(=O)N(Cc2cccc(C(F)(F)F)c2)Nc2cccc(/C(N)=N/O)c2)cc1. The lowest BCUT2D eigenvalue weighted by Crippen LogP contribution is -2.39. The molecule has 0 aliphatic rings. The summed E-state index contributed by atoms with van der Waals surface area (Å²) in [6.45, 7) is -0.261. The summed E-state index contributed by atoms with van der Waals surface area (Å²) in [6.07, 6.45) is -3.45. The molecular weight excluding hydrogens is 571 g/mol. The molecule has 42 heavy (non-hydrogen) atoms. The molecule has 218 valence electrons. The maximum Gasteiger partial charge on any atom is 0.416 e. The van der Waals surface area contributed by atoms with Crippen LogP contribution in [0.15, 0.2) is 107 Å². The number of amidine groups is 1. The van der Waals surface area contributed by atoms with E-state index in [1.165, 1.54) is 24.3 Å². The molecule has 0 radical (unpaired) electrons. The van der Waals surface area contributed by atoms with Crippen LogP contribution in [0.1, 0.15) is 16.7 Å². The first-order valence-corrected chi connectivity index (χ1v) is 14.2. The van der Waals surface area contributed by atoms with Crippen molar-refractivity contribution in [3.8, 4) is 11.1 Å². The number of nitrogens with two attached hydrogens (primary N) is 1. The molecule has 0 aromatic heterocycles. The molecule has 0 spiro atoms. The molecule has 0 bridgehead atoms. The minimum absolute atomic E-state index is 0.160. The maximum absolute atomic E-state index is 13.4. The molecule has 0 aliphatic carbocycles. The molecule has 0 atom stereocenters. The van der Waals surface area contributed by atoms with Crippen LogP contribution in [0.5, 0.6) is 0 Å². The maximum atomic E-state index is 13.4. The number of carbonyl (C=O) groups excluding carboxylic acids is 1. The summed E-state index contributed by atoms with van der Waals surface area (Å²) in [6, 6.07) is 23.1. The van der Waals surface area contributed by atoms with Crippen molar-refractivity contribution in [1.29, 1.82) is 0 Å². The number of urea groups is 1. The van der Waals surface area contributed by atoms with Crippen molar-refractivity contribution in [1.82, 2.24) is 5.01 Å². The molecule has 9 nitrogen and oxygen atoms in total. The number of sulfone groups is 1. The van der Waals surface area contributed by atoms with Crippen LogP contribution in [0.25, 0.3) is 11.1 Å². The predicted molar refractivity (Wildman–Crippen MR) is 154 cm³/mol. The van der Waals surface area contributed by atoms with E-state index in [1.54, 1.807) is 60.7 Å². The third-order valence-electron chi connectivity index (χ3n) is 6.10. The van der Waals surface area contributed by atoms with Gasteiger partial charge < -0.3 is 16.3 Å². The van der Waals surface area contributed by atoms with Gasteiger partial charge in [-0.2, -0.15) is 13.2 Å². The van der Waals surface area contributed by atoms with Crippen LogP contribution >= 0.6 is 0 Å². The number of carbonyl (C=O) groups is 1. The van der Waals surface area contributed by atoms with Gasteiger partial charge in [0.25, 0.3) is 0 Å². The van der Waals surface area contributed by atoms with Crippen molar-refractivity contribution in [3.63, 3.8) is 0 Å². The average Bonchev–Trinajstić information content (AvgIpc) is 2.96. The van der Waals surface area contributed by atoms with Gasteiger partial charge in [-0.05, 0) is 53.6 Å². The van der Waals surface area contributed by atoms with Gasteiger partial charge in [0.1, 0.15) is 0 Å². The average molecular weight is 598 g/mol. The molecule has 0 saturated carbocycles. The van der Waals surface area contributed by atoms with E-state index in [0.29, 0.717) is 28.1 Å². The van der Waals surface area contributed by atoms with E-state index in [2.05, 4.69) is 15.9 Å². The summed E-state index contributed by atoms with van der Waals surface area (Å²) in [5, 5.41) is 15.7. The molecule has 0 aliphatic heterocycles. The molecule has 2 amide bonds. The third kappa shape index (κ3) is 7.37. The van der Waals surface area contributed by atoms with Crippen molar-refractivity contribution >= 4 is 33.1 Å². The summed E-state index contributed by atoms with van der Waals surface area (Å²) in [5.41, 5.74) is 10.0. The Kier molecular flexibility index (Phi) is 8.71. The highest BCUT2D eigenvalue weighted by Crippen LogP contribution is 2.30. The van der Waals surface area contributed by atoms with Crippen LogP contribution < -0.4 is 16.5 Å². The molecule has 0 unspecified atom stereocenters. The highest BCUT2D eigenvalue weighted by molar-refractivity contribution is 7.90. The van der Waals surface area contributed by atoms with E-state index < -0.39 is 27.6 Å². The Balaban J connectivity index is 1.61. The Bertz CT molecular complexity index is 1730. The minimum Gasteiger partial charge on any atom is -0.409 e. The van der Waals surface area contributed by atoms with Gasteiger partial charge in [-0.15, -0.1) is 0 Å². The first-order valence-electron chi connectivity index (χ1n) is 12.3. The van der Waals surface area contributed by atoms with E-state index in [0.717, 1.165) is 23.4 Å². The topological polar surface area (TPSA) is 137 Å². The van der Waals surface area contributed by atoms with Crippen LogP contribution in [-0.4, -0.2) is 36.8 Å². The fraction of sp³-hybridized carbons (Fsp3) is 0.103. The van der Waals surface area contributed by atoms with Crippen molar-refractivity contribution in [2.45, 2.75) is 17.6 Å². The Labute approximate surface area is 240 Å². The second-order valence-corrected chi connectivity index (χ2v) is 11.2. The monoisotopic (exact) mass is 597 g/mol. The summed E-state index contributed by atoms with van der Waals surface area (Å²) < 4.78 is 64.4. The van der Waals surface area contributed by atoms with Crippen molar-refractivity contribution in [2.24, 2.45) is 10.9 Å². The number of amides is 2. The molecule has 4 rings (SSSR count). The second-order valence-electron chi connectivity index (χ2n) is 9.24. The zero-order valence-electron chi connectivity index (χ0n) is 22.1. The van der Waals surface area contributed by atoms with E-state index in [1.807, 2.05) is 0 Å². The molecule has 4 aromatic carbocycles. The summed E-state index contributed by atoms with van der Waals surface area (Å²) in [4.78, 5) is 13.5. The molecule has 4 aromatic rings. The van der Waals surface area contributed by atoms with Gasteiger partial charge in [-0.1, -0.05) is 59.8 Å². The number of rotatable bonds is 8. The van der Waals surface area contributed by atoms with Gasteiger partial charge >= 0.3 is 12.2 Å². The fourth-order valence-corrected chi connectivity index (χ4v) is 5.02. The van der Waals surface area contributed by atoms with Gasteiger partial charge in [0, 0.05) is 23.1 Å². The first kappa shape index (κ1) is 29.9. The highest BCUT2D eigenvalue weighted by Gasteiger charge is 2.30. The number of hydrogen-bond donors (Lipinski definition) is 4. The number of anilines is 2. The molecule has 0 fully saturated rings. The predicted octanol–water partition coefficient (Wildman–Crippen LogP) is 5.93. The number of hydrogen-bond acceptors (Lipinski definition) is 6. The van der Waals surface area contributed by atoms with E-state index in [9.17, 15) is 26.4 Å². The van der Waals surface area contributed by atoms with Crippen LogP contribution in [0.2, 0.25) is 0 Å². The number of halogens is 3. The van der Waals surface area contributed by atoms with Crippen LogP contribution in [0, 0.1) is 0 Å². The fourth-order valence-electron chi connectivity index (χ4n) is 4.10. The normalized spacial score (nSPS) is 12.0. The minimum atomic E-state index is -4.57. The Morgan fingerprint density at radius 2 is 1.62 bits per heavy atom. The van der Waals surface area contributed by atoms with Crippen LogP contribution in [0.3, 0.4) is 0 Å². The zero-order chi connectivity index (χ0) is 30.5. The van der Waals surface area contributed by atoms with Crippen LogP contribution in [0.4, 0.5) is 29.3 Å². The highest BCUT2D eigenvalue weighted by atomic mass is 32.2. The first-order chi connectivity index (χ1) is 19.8. The van der Waals surface area contributed by atoms with Crippen molar-refractivity contribution in [2.75, 3.05) is 17.0 Å². The quantitative estimate of drug-likeness (QED) is 0.0860. The van der Waals surface area contributed by atoms with E-state index in [-0.39, 0.29) is 22.8 Å². The van der Waals surface area contributed by atoms with E-state index in [4.69, 9.17) is 10.9 Å². The lowest BCUT2D eigenvalue weighted by Gasteiger charge is -2.25. The largest absolute Gasteiger partial charge is 0.416 e. The van der Waals surface area contributed by atoms with E-state index >= 15 is 0 Å². The van der Waals surface area contributed by atoms with Gasteiger partial charge in [-0.25, -0.2) is 18.2 Å². The molecular formula is C29H26F3N5O4S. The lowest BCUT2D eigenvalue weighted by molar-refractivity contribution is -0.137. The van der Waals surface area contributed by atoms with Gasteiger partial charge in [0.05, 0.1) is 22.7 Å². The zero-order valence-corrected chi connectivity index (χ0v) is 22.9. The number of hydrazine groups is 1. The third-order valence-corrected chi connectivity index (χ3v) is 7.26. The van der Waals surface area contributed by atoms with Gasteiger partial charge in [-0.3, -0.25) is 5.43 Å². The Morgan fingerprint density at radius 3 is 2.29 bits per heavy atom. The lowest BCUT2D eigenvalue weighted by atomic mass is 10.1. The van der Waals surface area contributed by atoms with Gasteiger partial charge in [0.2, 0.25) is 0 Å². The second kappa shape index (κ2) is 12.2. The summed E-state index contributed by atoms with van der Waals surface area (Å²) >= 11 is 0. The number of alkyl halides is 3. The molecule has 5 N–H and O–H groups in total. The number of nitrogens with zero attached hydrogens (tertiary/aromatic N) is 2. The molecule has 13 heteroatoms. The van der Waals surface area contributed by atoms with Gasteiger partial charge in [0.15, 0.2) is 15.7 Å². The smallest absolute Gasteiger partial charge is 0.409 e. The van der Waals surface area contributed by atoms with Crippen LogP contribution in [-0.2, 0) is 22.6 Å². The van der Waals surface area contributed by atoms with Crippen molar-refractivity contribution in [3.05, 3.63) is 114 Å². The molecule has 0 saturated heterocycles. The standard InChI is InChI=1S/C29H26F3N5O4S/c1-42(40,41)26-11-3-2-10-25(26)20-12-14-23(15-13-20)34-28(38)37(18-19-6-4-8-22(16-19)29(30,31)32)35-24-9-5-7-21(17-24)27(33)36-39/h2-17,35,39H,18H2,1H3,(H2,33,36)(H,34,38). The Morgan fingerprint density at radius 1 is 0.929 bits per heavy atom. The van der Waals surface area contributed by atoms with Crippen molar-refractivity contribution < 1.29 is 31.6 Å². The number of nitrogens with one attached hydrogen (secondary N) is 2. The summed E-state index contributed by atoms with van der Waals surface area (Å²) in [5.74, 6) is -0.176. The Hall–Kier alpha value is -5.04. The number of benzene rings is 4. The molecule has 0 heterocycles. The summed E-state index contributed by atoms with van der Waals surface area (Å²) in [7, 11) is -3.49. The number of oxime groups is 1.